The molecule has 0 bridgehead atoms. The van der Waals surface area contributed by atoms with E-state index < -0.39 is 11.8 Å². The first-order chi connectivity index (χ1) is 11.5. The minimum Gasteiger partial charge on any atom is -0.495 e. The number of benzene rings is 2. The lowest BCUT2D eigenvalue weighted by Gasteiger charge is -2.09. The van der Waals surface area contributed by atoms with E-state index in [1.807, 2.05) is 31.2 Å². The summed E-state index contributed by atoms with van der Waals surface area (Å²) in [7, 11) is 1.45. The average Bonchev–Trinajstić information content (AvgIpc) is 2.56. The van der Waals surface area contributed by atoms with Gasteiger partial charge in [0.05, 0.1) is 19.0 Å². The lowest BCUT2D eigenvalue weighted by molar-refractivity contribution is -0.136. The predicted octanol–water partition coefficient (Wildman–Crippen LogP) is 2.75. The van der Waals surface area contributed by atoms with E-state index in [0.29, 0.717) is 16.5 Å². The largest absolute Gasteiger partial charge is 0.495 e. The highest BCUT2D eigenvalue weighted by Gasteiger charge is 2.15. The van der Waals surface area contributed by atoms with Gasteiger partial charge in [-0.25, -0.2) is 5.43 Å². The van der Waals surface area contributed by atoms with Crippen LogP contribution in [0.25, 0.3) is 0 Å². The molecule has 2 rings (SSSR count). The lowest BCUT2D eigenvalue weighted by atomic mass is 10.2. The second-order valence-corrected chi connectivity index (χ2v) is 5.34. The SMILES string of the molecule is COc1ccc(Cl)cc1NC(=O)C(=O)N/N=C\c1ccc(C)cc1. The molecule has 0 aliphatic carbocycles. The number of hydrogen-bond donors (Lipinski definition) is 2. The van der Waals surface area contributed by atoms with Crippen molar-refractivity contribution in [1.82, 2.24) is 5.43 Å². The van der Waals surface area contributed by atoms with E-state index in [4.69, 9.17) is 16.3 Å². The van der Waals surface area contributed by atoms with E-state index in [2.05, 4.69) is 15.8 Å². The van der Waals surface area contributed by atoms with Crippen molar-refractivity contribution in [3.63, 3.8) is 0 Å². The van der Waals surface area contributed by atoms with Crippen LogP contribution in [0, 0.1) is 6.92 Å². The topological polar surface area (TPSA) is 79.8 Å². The van der Waals surface area contributed by atoms with E-state index in [9.17, 15) is 9.59 Å². The molecular weight excluding hydrogens is 330 g/mol. The molecule has 0 spiro atoms. The lowest BCUT2D eigenvalue weighted by Crippen LogP contribution is -2.32. The number of methoxy groups -OCH3 is 1. The monoisotopic (exact) mass is 345 g/mol. The number of nitrogens with one attached hydrogen (secondary N) is 2. The van der Waals surface area contributed by atoms with Crippen molar-refractivity contribution in [2.45, 2.75) is 6.92 Å². The molecule has 124 valence electrons. The molecule has 0 saturated carbocycles. The number of nitrogens with zero attached hydrogens (tertiary/aromatic N) is 1. The van der Waals surface area contributed by atoms with Gasteiger partial charge in [-0.1, -0.05) is 41.4 Å². The van der Waals surface area contributed by atoms with Crippen LogP contribution in [0.5, 0.6) is 5.75 Å². The Morgan fingerprint density at radius 1 is 1.12 bits per heavy atom. The Bertz CT molecular complexity index is 773. The zero-order chi connectivity index (χ0) is 17.5. The molecule has 24 heavy (non-hydrogen) atoms. The zero-order valence-corrected chi connectivity index (χ0v) is 13.9. The first kappa shape index (κ1) is 17.5. The van der Waals surface area contributed by atoms with Gasteiger partial charge in [0.25, 0.3) is 0 Å². The number of carbonyl (C=O) groups excluding carboxylic acids is 2. The van der Waals surface area contributed by atoms with Gasteiger partial charge in [0.15, 0.2) is 0 Å². The fraction of sp³-hybridized carbons (Fsp3) is 0.118. The fourth-order valence-corrected chi connectivity index (χ4v) is 2.00. The second-order valence-electron chi connectivity index (χ2n) is 4.91. The predicted molar refractivity (Wildman–Crippen MR) is 93.5 cm³/mol. The van der Waals surface area contributed by atoms with Crippen LogP contribution in [0.15, 0.2) is 47.6 Å². The summed E-state index contributed by atoms with van der Waals surface area (Å²) in [6, 6.07) is 12.2. The Morgan fingerprint density at radius 3 is 2.50 bits per heavy atom. The molecule has 0 atom stereocenters. The average molecular weight is 346 g/mol. The first-order valence-corrected chi connectivity index (χ1v) is 7.42. The van der Waals surface area contributed by atoms with Crippen molar-refractivity contribution < 1.29 is 14.3 Å². The summed E-state index contributed by atoms with van der Waals surface area (Å²) in [5.41, 5.74) is 4.38. The third kappa shape index (κ3) is 4.82. The van der Waals surface area contributed by atoms with Crippen molar-refractivity contribution in [2.24, 2.45) is 5.10 Å². The standard InChI is InChI=1S/C17H16ClN3O3/c1-11-3-5-12(6-4-11)10-19-21-17(23)16(22)20-14-9-13(18)7-8-15(14)24-2/h3-10H,1-2H3,(H,20,22)(H,21,23)/b19-10-. The number of ether oxygens (including phenoxy) is 1. The van der Waals surface area contributed by atoms with Crippen molar-refractivity contribution >= 4 is 35.3 Å². The van der Waals surface area contributed by atoms with E-state index in [1.54, 1.807) is 12.1 Å². The number of carbonyl (C=O) groups is 2. The van der Waals surface area contributed by atoms with E-state index in [1.165, 1.54) is 19.4 Å². The first-order valence-electron chi connectivity index (χ1n) is 7.04. The quantitative estimate of drug-likeness (QED) is 0.508. The smallest absolute Gasteiger partial charge is 0.329 e. The van der Waals surface area contributed by atoms with Crippen LogP contribution in [0.1, 0.15) is 11.1 Å². The van der Waals surface area contributed by atoms with Gasteiger partial charge in [-0.15, -0.1) is 0 Å². The van der Waals surface area contributed by atoms with E-state index in [-0.39, 0.29) is 0 Å². The molecule has 0 aromatic heterocycles. The van der Waals surface area contributed by atoms with Crippen LogP contribution in [0.3, 0.4) is 0 Å². The minimum atomic E-state index is -0.902. The molecule has 2 N–H and O–H groups in total. The number of hydrazone groups is 1. The molecule has 0 aliphatic rings. The summed E-state index contributed by atoms with van der Waals surface area (Å²) < 4.78 is 5.09. The molecule has 2 amide bonds. The van der Waals surface area contributed by atoms with E-state index in [0.717, 1.165) is 11.1 Å². The summed E-state index contributed by atoms with van der Waals surface area (Å²) in [4.78, 5) is 23.6. The molecule has 0 aliphatic heterocycles. The molecule has 0 heterocycles. The highest BCUT2D eigenvalue weighted by molar-refractivity contribution is 6.40. The zero-order valence-electron chi connectivity index (χ0n) is 13.2. The van der Waals surface area contributed by atoms with Crippen LogP contribution in [-0.2, 0) is 9.59 Å². The number of halogens is 1. The van der Waals surface area contributed by atoms with E-state index >= 15 is 0 Å². The number of aryl methyl sites for hydroxylation is 1. The van der Waals surface area contributed by atoms with Crippen LogP contribution in [-0.4, -0.2) is 25.1 Å². The maximum atomic E-state index is 11.9. The molecule has 6 nitrogen and oxygen atoms in total. The van der Waals surface area contributed by atoms with Gasteiger partial charge in [-0.05, 0) is 30.7 Å². The highest BCUT2D eigenvalue weighted by atomic mass is 35.5. The van der Waals surface area contributed by atoms with Crippen LogP contribution in [0.4, 0.5) is 5.69 Å². The van der Waals surface area contributed by atoms with Gasteiger partial charge < -0.3 is 10.1 Å². The molecule has 0 fully saturated rings. The van der Waals surface area contributed by atoms with Gasteiger partial charge >= 0.3 is 11.8 Å². The Morgan fingerprint density at radius 2 is 1.83 bits per heavy atom. The van der Waals surface area contributed by atoms with Gasteiger partial charge in [0.1, 0.15) is 5.75 Å². The van der Waals surface area contributed by atoms with Gasteiger partial charge in [-0.2, -0.15) is 5.10 Å². The van der Waals surface area contributed by atoms with Crippen LogP contribution < -0.4 is 15.5 Å². The van der Waals surface area contributed by atoms with Gasteiger partial charge in [-0.3, -0.25) is 9.59 Å². The molecule has 2 aromatic carbocycles. The Kier molecular flexibility index (Phi) is 5.92. The second kappa shape index (κ2) is 8.12. The van der Waals surface area contributed by atoms with Crippen molar-refractivity contribution in [3.05, 3.63) is 58.6 Å². The number of hydrogen-bond acceptors (Lipinski definition) is 4. The molecular formula is C17H16ClN3O3. The summed E-state index contributed by atoms with van der Waals surface area (Å²) in [6.45, 7) is 1.97. The molecule has 0 radical (unpaired) electrons. The third-order valence-corrected chi connectivity index (χ3v) is 3.31. The van der Waals surface area contributed by atoms with Gasteiger partial charge in [0, 0.05) is 5.02 Å². The third-order valence-electron chi connectivity index (χ3n) is 3.07. The summed E-state index contributed by atoms with van der Waals surface area (Å²) in [6.07, 6.45) is 1.45. The summed E-state index contributed by atoms with van der Waals surface area (Å²) in [5, 5.41) is 6.58. The molecule has 0 saturated heterocycles. The Hall–Kier alpha value is -2.86. The summed E-state index contributed by atoms with van der Waals surface area (Å²) in [5.74, 6) is -1.39. The normalized spacial score (nSPS) is 10.5. The highest BCUT2D eigenvalue weighted by Crippen LogP contribution is 2.27. The molecule has 7 heteroatoms. The molecule has 2 aromatic rings. The Balaban J connectivity index is 1.96. The van der Waals surface area contributed by atoms with Crippen molar-refractivity contribution in [2.75, 3.05) is 12.4 Å². The van der Waals surface area contributed by atoms with Crippen molar-refractivity contribution in [3.8, 4) is 5.75 Å². The minimum absolute atomic E-state index is 0.299. The number of rotatable bonds is 4. The maximum Gasteiger partial charge on any atom is 0.329 e. The van der Waals surface area contributed by atoms with Crippen LogP contribution >= 0.6 is 11.6 Å². The summed E-state index contributed by atoms with van der Waals surface area (Å²) >= 11 is 5.87. The number of anilines is 1. The molecule has 0 unspecified atom stereocenters. The van der Waals surface area contributed by atoms with Crippen molar-refractivity contribution in [1.29, 1.82) is 0 Å². The van der Waals surface area contributed by atoms with Gasteiger partial charge in [0.2, 0.25) is 0 Å². The fourth-order valence-electron chi connectivity index (χ4n) is 1.83. The maximum absolute atomic E-state index is 11.9. The van der Waals surface area contributed by atoms with Crippen LogP contribution in [0.2, 0.25) is 5.02 Å². The Labute approximate surface area is 144 Å². The number of amides is 2.